The van der Waals surface area contributed by atoms with Crippen LogP contribution in [0, 0.1) is 0 Å². The van der Waals surface area contributed by atoms with Crippen molar-refractivity contribution in [2.24, 2.45) is 0 Å². The zero-order chi connectivity index (χ0) is 20.8. The Hall–Kier alpha value is -2.97. The lowest BCUT2D eigenvalue weighted by molar-refractivity contribution is -0.113. The van der Waals surface area contributed by atoms with Crippen molar-refractivity contribution >= 4 is 39.3 Å². The lowest BCUT2D eigenvalue weighted by Crippen LogP contribution is -2.14. The highest BCUT2D eigenvalue weighted by molar-refractivity contribution is 9.10. The highest BCUT2D eigenvalue weighted by Crippen LogP contribution is 2.25. The number of carbonyl (C=O) groups is 1. The Bertz CT molecular complexity index is 1120. The predicted octanol–water partition coefficient (Wildman–Crippen LogP) is 4.88. The second-order valence-electron chi connectivity index (χ2n) is 6.46. The fourth-order valence-corrected chi connectivity index (χ4v) is 3.88. The molecular weight excluding hydrogens is 462 g/mol. The summed E-state index contributed by atoms with van der Waals surface area (Å²) in [5.41, 5.74) is 2.77. The van der Waals surface area contributed by atoms with E-state index in [4.69, 9.17) is 0 Å². The van der Waals surface area contributed by atoms with Crippen LogP contribution in [-0.2, 0) is 11.3 Å². The molecule has 4 rings (SSSR count). The van der Waals surface area contributed by atoms with Crippen molar-refractivity contribution in [1.82, 2.24) is 19.7 Å². The van der Waals surface area contributed by atoms with Gasteiger partial charge >= 0.3 is 0 Å². The molecule has 1 amide bonds. The number of carbonyl (C=O) groups excluding carboxylic acids is 1. The first-order chi connectivity index (χ1) is 14.7. The number of anilines is 1. The smallest absolute Gasteiger partial charge is 0.234 e. The molecule has 2 aromatic carbocycles. The van der Waals surface area contributed by atoms with Crippen molar-refractivity contribution in [2.45, 2.75) is 11.7 Å². The van der Waals surface area contributed by atoms with Gasteiger partial charge < -0.3 is 5.32 Å². The van der Waals surface area contributed by atoms with E-state index in [2.05, 4.69) is 48.6 Å². The van der Waals surface area contributed by atoms with E-state index < -0.39 is 0 Å². The molecule has 0 aliphatic rings. The summed E-state index contributed by atoms with van der Waals surface area (Å²) in [6.45, 7) is 0.606. The van der Waals surface area contributed by atoms with Crippen LogP contribution in [0.2, 0.25) is 0 Å². The molecule has 0 saturated heterocycles. The predicted molar refractivity (Wildman–Crippen MR) is 122 cm³/mol. The molecular formula is C22H18BrN5OS. The van der Waals surface area contributed by atoms with Gasteiger partial charge in [0.15, 0.2) is 11.0 Å². The van der Waals surface area contributed by atoms with Crippen LogP contribution >= 0.6 is 27.7 Å². The van der Waals surface area contributed by atoms with Crippen LogP contribution in [0.15, 0.2) is 88.8 Å². The van der Waals surface area contributed by atoms with Crippen LogP contribution in [-0.4, -0.2) is 31.4 Å². The number of nitrogens with one attached hydrogen (secondary N) is 1. The van der Waals surface area contributed by atoms with Gasteiger partial charge in [-0.1, -0.05) is 58.0 Å². The summed E-state index contributed by atoms with van der Waals surface area (Å²) in [4.78, 5) is 16.6. The van der Waals surface area contributed by atoms with E-state index in [1.165, 1.54) is 11.8 Å². The van der Waals surface area contributed by atoms with Gasteiger partial charge in [-0.2, -0.15) is 0 Å². The maximum absolute atomic E-state index is 12.4. The van der Waals surface area contributed by atoms with Crippen molar-refractivity contribution in [2.75, 3.05) is 11.1 Å². The summed E-state index contributed by atoms with van der Waals surface area (Å²) in [7, 11) is 0. The molecule has 150 valence electrons. The molecule has 1 N–H and O–H groups in total. The van der Waals surface area contributed by atoms with Gasteiger partial charge in [0, 0.05) is 28.1 Å². The first kappa shape index (κ1) is 20.3. The number of nitrogens with zero attached hydrogens (tertiary/aromatic N) is 4. The van der Waals surface area contributed by atoms with Gasteiger partial charge in [0.2, 0.25) is 5.91 Å². The molecule has 8 heteroatoms. The minimum atomic E-state index is -0.0977. The molecule has 30 heavy (non-hydrogen) atoms. The highest BCUT2D eigenvalue weighted by Gasteiger charge is 2.16. The van der Waals surface area contributed by atoms with Gasteiger partial charge in [-0.15, -0.1) is 10.2 Å². The number of pyridine rings is 1. The molecule has 4 aromatic rings. The molecule has 0 unspecified atom stereocenters. The van der Waals surface area contributed by atoms with Gasteiger partial charge in [-0.05, 0) is 42.0 Å². The first-order valence-corrected chi connectivity index (χ1v) is 11.0. The minimum absolute atomic E-state index is 0.0977. The summed E-state index contributed by atoms with van der Waals surface area (Å²) in [6, 6.07) is 21.4. The van der Waals surface area contributed by atoms with Gasteiger partial charge in [-0.25, -0.2) is 0 Å². The molecule has 2 aromatic heterocycles. The van der Waals surface area contributed by atoms with Crippen LogP contribution in [0.1, 0.15) is 5.56 Å². The quantitative estimate of drug-likeness (QED) is 0.382. The Morgan fingerprint density at radius 1 is 1.00 bits per heavy atom. The Labute approximate surface area is 186 Å². The van der Waals surface area contributed by atoms with E-state index in [-0.39, 0.29) is 11.7 Å². The number of aromatic nitrogens is 4. The topological polar surface area (TPSA) is 72.7 Å². The number of benzene rings is 2. The molecule has 0 aliphatic carbocycles. The third kappa shape index (κ3) is 5.14. The summed E-state index contributed by atoms with van der Waals surface area (Å²) in [5.74, 6) is 0.859. The van der Waals surface area contributed by atoms with E-state index in [1.807, 2.05) is 59.2 Å². The Morgan fingerprint density at radius 3 is 2.53 bits per heavy atom. The zero-order valence-electron chi connectivity index (χ0n) is 15.9. The van der Waals surface area contributed by atoms with E-state index in [9.17, 15) is 4.79 Å². The van der Waals surface area contributed by atoms with Crippen LogP contribution in [0.25, 0.3) is 11.4 Å². The van der Waals surface area contributed by atoms with E-state index in [0.717, 1.165) is 27.1 Å². The normalized spacial score (nSPS) is 10.7. The fourth-order valence-electron chi connectivity index (χ4n) is 2.87. The van der Waals surface area contributed by atoms with E-state index >= 15 is 0 Å². The third-order valence-corrected chi connectivity index (χ3v) is 5.78. The van der Waals surface area contributed by atoms with Crippen LogP contribution in [0.4, 0.5) is 5.69 Å². The number of hydrogen-bond donors (Lipinski definition) is 1. The number of amides is 1. The molecule has 0 radical (unpaired) electrons. The van der Waals surface area contributed by atoms with Crippen molar-refractivity contribution in [3.63, 3.8) is 0 Å². The van der Waals surface area contributed by atoms with Crippen molar-refractivity contribution in [1.29, 1.82) is 0 Å². The average Bonchev–Trinajstić information content (AvgIpc) is 3.17. The summed E-state index contributed by atoms with van der Waals surface area (Å²) in [5, 5.41) is 12.3. The van der Waals surface area contributed by atoms with Gasteiger partial charge in [-0.3, -0.25) is 14.3 Å². The maximum Gasteiger partial charge on any atom is 0.234 e. The second kappa shape index (κ2) is 9.69. The van der Waals surface area contributed by atoms with Crippen LogP contribution in [0.3, 0.4) is 0 Å². The van der Waals surface area contributed by atoms with Crippen LogP contribution in [0.5, 0.6) is 0 Å². The number of halogens is 1. The number of thioether (sulfide) groups is 1. The van der Waals surface area contributed by atoms with Gasteiger partial charge in [0.25, 0.3) is 0 Å². The number of hydrogen-bond acceptors (Lipinski definition) is 5. The largest absolute Gasteiger partial charge is 0.325 e. The van der Waals surface area contributed by atoms with Gasteiger partial charge in [0.1, 0.15) is 0 Å². The Kier molecular flexibility index (Phi) is 6.56. The second-order valence-corrected chi connectivity index (χ2v) is 8.32. The monoisotopic (exact) mass is 479 g/mol. The van der Waals surface area contributed by atoms with Crippen molar-refractivity contribution in [3.05, 3.63) is 89.2 Å². The molecule has 2 heterocycles. The van der Waals surface area contributed by atoms with Crippen molar-refractivity contribution in [3.8, 4) is 11.4 Å². The van der Waals surface area contributed by atoms with Crippen molar-refractivity contribution < 1.29 is 4.79 Å². The van der Waals surface area contributed by atoms with E-state index in [1.54, 1.807) is 12.4 Å². The third-order valence-electron chi connectivity index (χ3n) is 4.28. The maximum atomic E-state index is 12.4. The first-order valence-electron chi connectivity index (χ1n) is 9.25. The molecule has 0 saturated carbocycles. The molecule has 0 aliphatic heterocycles. The SMILES string of the molecule is O=C(CSc1nnc(-c2cccnc2)n1Cc1ccccc1)Nc1ccc(Br)cc1. The van der Waals surface area contributed by atoms with Crippen LogP contribution < -0.4 is 5.32 Å². The fraction of sp³-hybridized carbons (Fsp3) is 0.0909. The molecule has 6 nitrogen and oxygen atoms in total. The lowest BCUT2D eigenvalue weighted by atomic mass is 10.2. The minimum Gasteiger partial charge on any atom is -0.325 e. The Morgan fingerprint density at radius 2 is 1.80 bits per heavy atom. The molecule has 0 atom stereocenters. The lowest BCUT2D eigenvalue weighted by Gasteiger charge is -2.10. The standard InChI is InChI=1S/C22H18BrN5OS/c23-18-8-10-19(11-9-18)25-20(29)15-30-22-27-26-21(17-7-4-12-24-13-17)28(22)14-16-5-2-1-3-6-16/h1-13H,14-15H2,(H,25,29). The summed E-state index contributed by atoms with van der Waals surface area (Å²) < 4.78 is 2.98. The molecule has 0 spiro atoms. The van der Waals surface area contributed by atoms with E-state index in [0.29, 0.717) is 11.7 Å². The zero-order valence-corrected chi connectivity index (χ0v) is 18.3. The highest BCUT2D eigenvalue weighted by atomic mass is 79.9. The summed E-state index contributed by atoms with van der Waals surface area (Å²) >= 11 is 4.75. The van der Waals surface area contributed by atoms with Gasteiger partial charge in [0.05, 0.1) is 12.3 Å². The summed E-state index contributed by atoms with van der Waals surface area (Å²) in [6.07, 6.45) is 3.49. The average molecular weight is 480 g/mol. The Balaban J connectivity index is 1.52. The molecule has 0 fully saturated rings. The molecule has 0 bridgehead atoms. The number of rotatable bonds is 7.